The first-order chi connectivity index (χ1) is 19.2. The molecule has 5 aliphatic rings. The molecule has 0 unspecified atom stereocenters. The van der Waals surface area contributed by atoms with Crippen LogP contribution in [0.3, 0.4) is 0 Å². The maximum atomic E-state index is 13.9. The van der Waals surface area contributed by atoms with E-state index < -0.39 is 0 Å². The number of fused-ring (bicyclic) bond motifs is 6. The topological polar surface area (TPSA) is 47.6 Å². The molecule has 3 aromatic carbocycles. The fraction of sp³-hybridized carbons (Fsp3) is 0.441. The molecule has 4 aliphatic heterocycles. The number of hydrogen-bond donors (Lipinski definition) is 1. The summed E-state index contributed by atoms with van der Waals surface area (Å²) in [6.45, 7) is 5.35. The van der Waals surface area contributed by atoms with Crippen LogP contribution in [0.15, 0.2) is 66.7 Å². The van der Waals surface area contributed by atoms with Gasteiger partial charge in [0.1, 0.15) is 17.2 Å². The summed E-state index contributed by atoms with van der Waals surface area (Å²) in [4.78, 5) is 13.9. The van der Waals surface area contributed by atoms with E-state index in [9.17, 15) is 4.79 Å². The number of hydrogen-bond acceptors (Lipinski definition) is 3. The van der Waals surface area contributed by atoms with Crippen molar-refractivity contribution >= 4 is 5.91 Å². The highest BCUT2D eigenvalue weighted by Crippen LogP contribution is 2.44. The predicted octanol–water partition coefficient (Wildman–Crippen LogP) is 6.00. The Morgan fingerprint density at radius 1 is 0.897 bits per heavy atom. The number of nitrogens with one attached hydrogen (secondary N) is 1. The van der Waals surface area contributed by atoms with Crippen molar-refractivity contribution in [3.05, 3.63) is 89.0 Å². The average Bonchev–Trinajstić information content (AvgIpc) is 2.98. The molecule has 0 spiro atoms. The molecule has 0 aromatic heterocycles. The number of benzene rings is 3. The van der Waals surface area contributed by atoms with Crippen LogP contribution in [0.4, 0.5) is 0 Å². The fourth-order valence-electron chi connectivity index (χ4n) is 7.61. The van der Waals surface area contributed by atoms with Crippen LogP contribution in [-0.4, -0.2) is 49.2 Å². The zero-order valence-corrected chi connectivity index (χ0v) is 22.7. The Labute approximate surface area is 231 Å². The second-order valence-electron chi connectivity index (χ2n) is 12.1. The van der Waals surface area contributed by atoms with Crippen molar-refractivity contribution in [2.75, 3.05) is 32.8 Å². The van der Waals surface area contributed by atoms with Gasteiger partial charge >= 0.3 is 0 Å². The zero-order valence-electron chi connectivity index (χ0n) is 22.7. The van der Waals surface area contributed by atoms with Crippen LogP contribution in [0.2, 0.25) is 0 Å². The van der Waals surface area contributed by atoms with E-state index >= 15 is 0 Å². The van der Waals surface area contributed by atoms with Gasteiger partial charge in [0, 0.05) is 30.4 Å². The molecule has 1 N–H and O–H groups in total. The van der Waals surface area contributed by atoms with Gasteiger partial charge in [-0.25, -0.2) is 0 Å². The summed E-state index contributed by atoms with van der Waals surface area (Å²) in [6, 6.07) is 22.8. The first kappa shape index (κ1) is 24.7. The van der Waals surface area contributed by atoms with Gasteiger partial charge in [-0.1, -0.05) is 42.5 Å². The van der Waals surface area contributed by atoms with Crippen LogP contribution in [0.5, 0.6) is 17.2 Å². The number of rotatable bonds is 7. The molecule has 0 saturated carbocycles. The number of quaternary nitrogens is 1. The number of piperidine rings is 3. The van der Waals surface area contributed by atoms with E-state index in [0.29, 0.717) is 5.92 Å². The Kier molecular flexibility index (Phi) is 6.56. The Morgan fingerprint density at radius 3 is 2.33 bits per heavy atom. The zero-order chi connectivity index (χ0) is 26.2. The number of carbonyl (C=O) groups is 1. The van der Waals surface area contributed by atoms with Gasteiger partial charge < -0.3 is 19.3 Å². The predicted molar refractivity (Wildman–Crippen MR) is 152 cm³/mol. The number of aryl methyl sites for hydroxylation is 2. The number of carbonyl (C=O) groups excluding carboxylic acids is 1. The quantitative estimate of drug-likeness (QED) is 0.305. The third-order valence-corrected chi connectivity index (χ3v) is 9.74. The van der Waals surface area contributed by atoms with E-state index in [1.165, 1.54) is 62.7 Å². The van der Waals surface area contributed by atoms with Gasteiger partial charge in [-0.15, -0.1) is 0 Å². The highest BCUT2D eigenvalue weighted by Gasteiger charge is 2.47. The summed E-state index contributed by atoms with van der Waals surface area (Å²) >= 11 is 0. The number of ether oxygens (including phenoxy) is 2. The van der Waals surface area contributed by atoms with Crippen LogP contribution >= 0.6 is 0 Å². The van der Waals surface area contributed by atoms with Crippen molar-refractivity contribution in [2.45, 2.75) is 56.9 Å². The molecule has 202 valence electrons. The monoisotopic (exact) mass is 523 g/mol. The lowest BCUT2D eigenvalue weighted by Gasteiger charge is -2.53. The molecule has 3 saturated heterocycles. The molecule has 4 heterocycles. The van der Waals surface area contributed by atoms with E-state index in [2.05, 4.69) is 23.5 Å². The molecule has 39 heavy (non-hydrogen) atoms. The molecular formula is C34H39N2O3+. The summed E-state index contributed by atoms with van der Waals surface area (Å²) < 4.78 is 13.5. The third kappa shape index (κ3) is 4.82. The maximum absolute atomic E-state index is 13.9. The van der Waals surface area contributed by atoms with Gasteiger partial charge in [0.25, 0.3) is 0 Å². The van der Waals surface area contributed by atoms with Crippen LogP contribution in [0, 0.1) is 5.92 Å². The lowest BCUT2D eigenvalue weighted by Crippen LogP contribution is -2.67. The summed E-state index contributed by atoms with van der Waals surface area (Å²) in [5.74, 6) is 2.94. The van der Waals surface area contributed by atoms with Crippen molar-refractivity contribution in [1.29, 1.82) is 0 Å². The lowest BCUT2D eigenvalue weighted by molar-refractivity contribution is -0.944. The molecule has 1 atom stereocenters. The summed E-state index contributed by atoms with van der Waals surface area (Å²) in [5.41, 5.74) is 4.90. The van der Waals surface area contributed by atoms with Crippen molar-refractivity contribution in [2.24, 2.45) is 5.92 Å². The van der Waals surface area contributed by atoms with Gasteiger partial charge in [-0.3, -0.25) is 4.79 Å². The maximum Gasteiger partial charge on any atom is 0.232 e. The molecule has 3 aromatic rings. The largest absolute Gasteiger partial charge is 0.493 e. The molecule has 8 rings (SSSR count). The van der Waals surface area contributed by atoms with E-state index in [0.717, 1.165) is 59.0 Å². The second kappa shape index (κ2) is 10.3. The van der Waals surface area contributed by atoms with Crippen molar-refractivity contribution in [3.8, 4) is 17.2 Å². The summed E-state index contributed by atoms with van der Waals surface area (Å²) in [5, 5.41) is 3.53. The standard InChI is InChI=1S/C34H38N2O3/c37-34(33-28-10-3-5-12-31(28)39-32-13-6-4-11-29(32)33)35-30-23-36(19-16-25(30)17-20-36)18-7-21-38-27-15-14-24-8-1-2-9-26(24)22-27/h3-6,10-15,22,25,30,33H,1-2,7-9,16-21,23H2/p+1/t25?,30-,36?/m1/s1. The number of nitrogens with zero attached hydrogens (tertiary/aromatic N) is 1. The van der Waals surface area contributed by atoms with Crippen molar-refractivity contribution in [3.63, 3.8) is 0 Å². The van der Waals surface area contributed by atoms with Crippen molar-refractivity contribution < 1.29 is 18.8 Å². The Balaban J connectivity index is 0.996. The minimum atomic E-state index is -0.333. The Hall–Kier alpha value is -3.31. The molecular weight excluding hydrogens is 484 g/mol. The number of amides is 1. The van der Waals surface area contributed by atoms with Crippen molar-refractivity contribution in [1.82, 2.24) is 5.32 Å². The van der Waals surface area contributed by atoms with Crippen LogP contribution in [0.1, 0.15) is 60.3 Å². The van der Waals surface area contributed by atoms with Gasteiger partial charge in [0.2, 0.25) is 5.91 Å². The minimum absolute atomic E-state index is 0.103. The van der Waals surface area contributed by atoms with Gasteiger partial charge in [0.15, 0.2) is 0 Å². The van der Waals surface area contributed by atoms with Gasteiger partial charge in [0.05, 0.1) is 44.7 Å². The highest BCUT2D eigenvalue weighted by molar-refractivity contribution is 5.89. The van der Waals surface area contributed by atoms with E-state index in [1.807, 2.05) is 48.5 Å². The van der Waals surface area contributed by atoms with Crippen LogP contribution < -0.4 is 14.8 Å². The SMILES string of the molecule is O=C(N[C@@H]1C[N+]2(CCCOc3ccc4c(c3)CCCC4)CCC1CC2)C1c2ccccc2Oc2ccccc21. The molecule has 0 radical (unpaired) electrons. The first-order valence-electron chi connectivity index (χ1n) is 14.9. The molecule has 1 aliphatic carbocycles. The van der Waals surface area contributed by atoms with Gasteiger partial charge in [-0.05, 0) is 67.0 Å². The van der Waals surface area contributed by atoms with E-state index in [-0.39, 0.29) is 17.9 Å². The molecule has 3 fully saturated rings. The van der Waals surface area contributed by atoms with Crippen LogP contribution in [0.25, 0.3) is 0 Å². The summed E-state index contributed by atoms with van der Waals surface area (Å²) in [7, 11) is 0. The Bertz CT molecular complexity index is 1310. The third-order valence-electron chi connectivity index (χ3n) is 9.74. The second-order valence-corrected chi connectivity index (χ2v) is 12.1. The Morgan fingerprint density at radius 2 is 1.59 bits per heavy atom. The van der Waals surface area contributed by atoms with Crippen LogP contribution in [-0.2, 0) is 17.6 Å². The summed E-state index contributed by atoms with van der Waals surface area (Å²) in [6.07, 6.45) is 8.43. The van der Waals surface area contributed by atoms with E-state index in [1.54, 1.807) is 0 Å². The molecule has 5 heteroatoms. The molecule has 2 bridgehead atoms. The van der Waals surface area contributed by atoms with E-state index in [4.69, 9.17) is 9.47 Å². The van der Waals surface area contributed by atoms with Gasteiger partial charge in [-0.2, -0.15) is 0 Å². The normalized spacial score (nSPS) is 25.1. The lowest BCUT2D eigenvalue weighted by atomic mass is 9.80. The number of para-hydroxylation sites is 2. The highest BCUT2D eigenvalue weighted by atomic mass is 16.5. The first-order valence-corrected chi connectivity index (χ1v) is 14.9. The molecule has 5 nitrogen and oxygen atoms in total. The fourth-order valence-corrected chi connectivity index (χ4v) is 7.61. The average molecular weight is 524 g/mol. The minimum Gasteiger partial charge on any atom is -0.493 e. The molecule has 1 amide bonds. The smallest absolute Gasteiger partial charge is 0.232 e.